The summed E-state index contributed by atoms with van der Waals surface area (Å²) in [4.78, 5) is 2.71. The molecule has 0 aromatic heterocycles. The smallest absolute Gasteiger partial charge is 0.0197 e. The minimum Gasteiger partial charge on any atom is -0.311 e. The molecule has 0 amide bonds. The van der Waals surface area contributed by atoms with Crippen molar-refractivity contribution in [2.75, 3.05) is 13.1 Å². The molecule has 0 bridgehead atoms. The Kier molecular flexibility index (Phi) is 6.50. The van der Waals surface area contributed by atoms with Crippen molar-refractivity contribution in [3.63, 3.8) is 0 Å². The summed E-state index contributed by atoms with van der Waals surface area (Å²) in [5.74, 6) is 0.868. The summed E-state index contributed by atoms with van der Waals surface area (Å²) in [7, 11) is 0. The van der Waals surface area contributed by atoms with E-state index in [-0.39, 0.29) is 0 Å². The molecule has 1 heterocycles. The molecule has 2 atom stereocenters. The van der Waals surface area contributed by atoms with Crippen LogP contribution in [0.25, 0.3) is 0 Å². The summed E-state index contributed by atoms with van der Waals surface area (Å²) in [6.07, 6.45) is 5.34. The van der Waals surface area contributed by atoms with Crippen molar-refractivity contribution in [1.29, 1.82) is 0 Å². The van der Waals surface area contributed by atoms with Crippen LogP contribution >= 0.6 is 0 Å². The molecular weight excluding hydrogens is 208 g/mol. The Hall–Kier alpha value is -0.0800. The lowest BCUT2D eigenvalue weighted by Crippen LogP contribution is -2.51. The molecule has 1 fully saturated rings. The normalized spacial score (nSPS) is 24.5. The number of hydrogen-bond acceptors (Lipinski definition) is 2. The van der Waals surface area contributed by atoms with Crippen LogP contribution in [0.2, 0.25) is 0 Å². The van der Waals surface area contributed by atoms with Gasteiger partial charge < -0.3 is 5.32 Å². The minimum absolute atomic E-state index is 0.614. The molecule has 0 radical (unpaired) electrons. The monoisotopic (exact) mass is 240 g/mol. The lowest BCUT2D eigenvalue weighted by Gasteiger charge is -2.40. The Bertz CT molecular complexity index is 199. The molecule has 17 heavy (non-hydrogen) atoms. The molecule has 0 spiro atoms. The molecule has 2 unspecified atom stereocenters. The highest BCUT2D eigenvalue weighted by Crippen LogP contribution is 2.22. The highest BCUT2D eigenvalue weighted by Gasteiger charge is 2.26. The Morgan fingerprint density at radius 2 is 1.82 bits per heavy atom. The Morgan fingerprint density at radius 3 is 2.35 bits per heavy atom. The highest BCUT2D eigenvalue weighted by atomic mass is 15.2. The van der Waals surface area contributed by atoms with E-state index in [1.165, 1.54) is 38.8 Å². The summed E-state index contributed by atoms with van der Waals surface area (Å²) in [5, 5.41) is 3.70. The number of hydrogen-bond donors (Lipinski definition) is 1. The number of rotatable bonds is 6. The number of nitrogens with zero attached hydrogens (tertiary/aromatic N) is 1. The van der Waals surface area contributed by atoms with Gasteiger partial charge in [-0.1, -0.05) is 40.5 Å². The van der Waals surface area contributed by atoms with Gasteiger partial charge in [-0.25, -0.2) is 0 Å². The van der Waals surface area contributed by atoms with Crippen LogP contribution in [-0.2, 0) is 0 Å². The van der Waals surface area contributed by atoms with E-state index < -0.39 is 0 Å². The van der Waals surface area contributed by atoms with E-state index in [9.17, 15) is 0 Å². The average molecular weight is 240 g/mol. The second-order valence-electron chi connectivity index (χ2n) is 5.97. The third-order valence-corrected chi connectivity index (χ3v) is 4.33. The second-order valence-corrected chi connectivity index (χ2v) is 5.97. The van der Waals surface area contributed by atoms with Gasteiger partial charge in [0.25, 0.3) is 0 Å². The summed E-state index contributed by atoms with van der Waals surface area (Å²) < 4.78 is 0. The Labute approximate surface area is 108 Å². The zero-order valence-electron chi connectivity index (χ0n) is 12.5. The number of nitrogens with one attached hydrogen (secondary N) is 1. The predicted molar refractivity (Wildman–Crippen MR) is 76.4 cm³/mol. The second kappa shape index (κ2) is 7.38. The van der Waals surface area contributed by atoms with Gasteiger partial charge >= 0.3 is 0 Å². The minimum atomic E-state index is 0.614. The summed E-state index contributed by atoms with van der Waals surface area (Å²) in [5.41, 5.74) is 0. The number of likely N-dealkylation sites (tertiary alicyclic amines) is 1. The largest absolute Gasteiger partial charge is 0.311 e. The van der Waals surface area contributed by atoms with Gasteiger partial charge in [0.05, 0.1) is 0 Å². The molecule has 0 saturated carbocycles. The van der Waals surface area contributed by atoms with Crippen LogP contribution in [0.1, 0.15) is 60.3 Å². The van der Waals surface area contributed by atoms with Crippen LogP contribution in [0.4, 0.5) is 0 Å². The van der Waals surface area contributed by atoms with Gasteiger partial charge in [0.1, 0.15) is 0 Å². The molecule has 1 N–H and O–H groups in total. The maximum atomic E-state index is 3.70. The van der Waals surface area contributed by atoms with Gasteiger partial charge in [-0.05, 0) is 32.2 Å². The van der Waals surface area contributed by atoms with Crippen molar-refractivity contribution in [3.8, 4) is 0 Å². The summed E-state index contributed by atoms with van der Waals surface area (Å²) in [6, 6.07) is 2.07. The van der Waals surface area contributed by atoms with Crippen molar-refractivity contribution in [1.82, 2.24) is 10.2 Å². The van der Waals surface area contributed by atoms with Gasteiger partial charge in [0.15, 0.2) is 0 Å². The maximum Gasteiger partial charge on any atom is 0.0197 e. The Balaban J connectivity index is 2.47. The predicted octanol–water partition coefficient (Wildman–Crippen LogP) is 3.27. The fraction of sp³-hybridized carbons (Fsp3) is 1.00. The first-order valence-corrected chi connectivity index (χ1v) is 7.58. The fourth-order valence-corrected chi connectivity index (χ4v) is 3.25. The van der Waals surface area contributed by atoms with Crippen LogP contribution in [0.3, 0.4) is 0 Å². The molecule has 0 aliphatic carbocycles. The molecule has 2 heteroatoms. The standard InChI is InChI=1S/C15H32N2/c1-6-14(7-2)13(5)17-10-8-9-15(11-17)16-12(3)4/h12-16H,6-11H2,1-5H3. The Morgan fingerprint density at radius 1 is 1.18 bits per heavy atom. The topological polar surface area (TPSA) is 15.3 Å². The van der Waals surface area contributed by atoms with E-state index in [1.807, 2.05) is 0 Å². The van der Waals surface area contributed by atoms with Crippen molar-refractivity contribution in [3.05, 3.63) is 0 Å². The molecule has 0 aromatic carbocycles. The molecule has 1 rings (SSSR count). The molecule has 1 saturated heterocycles. The molecule has 2 nitrogen and oxygen atoms in total. The maximum absolute atomic E-state index is 3.70. The van der Waals surface area contributed by atoms with Crippen LogP contribution in [-0.4, -0.2) is 36.1 Å². The van der Waals surface area contributed by atoms with Gasteiger partial charge in [-0.15, -0.1) is 0 Å². The average Bonchev–Trinajstić information content (AvgIpc) is 2.30. The van der Waals surface area contributed by atoms with E-state index in [4.69, 9.17) is 0 Å². The molecular formula is C15H32N2. The first-order valence-electron chi connectivity index (χ1n) is 7.58. The first-order chi connectivity index (χ1) is 8.08. The van der Waals surface area contributed by atoms with Crippen molar-refractivity contribution >= 4 is 0 Å². The zero-order chi connectivity index (χ0) is 12.8. The SMILES string of the molecule is CCC(CC)C(C)N1CCCC(NC(C)C)C1. The highest BCUT2D eigenvalue weighted by molar-refractivity contribution is 4.84. The summed E-state index contributed by atoms with van der Waals surface area (Å²) >= 11 is 0. The van der Waals surface area contributed by atoms with Gasteiger partial charge in [0, 0.05) is 24.7 Å². The van der Waals surface area contributed by atoms with Crippen LogP contribution < -0.4 is 5.32 Å². The quantitative estimate of drug-likeness (QED) is 0.766. The zero-order valence-corrected chi connectivity index (χ0v) is 12.5. The summed E-state index contributed by atoms with van der Waals surface area (Å²) in [6.45, 7) is 14.1. The van der Waals surface area contributed by atoms with Crippen molar-refractivity contribution in [2.24, 2.45) is 5.92 Å². The van der Waals surface area contributed by atoms with Gasteiger partial charge in [-0.3, -0.25) is 4.90 Å². The fourth-order valence-electron chi connectivity index (χ4n) is 3.25. The lowest BCUT2D eigenvalue weighted by molar-refractivity contribution is 0.102. The third-order valence-electron chi connectivity index (χ3n) is 4.33. The van der Waals surface area contributed by atoms with E-state index in [2.05, 4.69) is 44.8 Å². The van der Waals surface area contributed by atoms with Crippen molar-refractivity contribution < 1.29 is 0 Å². The molecule has 102 valence electrons. The molecule has 1 aliphatic heterocycles. The van der Waals surface area contributed by atoms with Crippen molar-refractivity contribution in [2.45, 2.75) is 78.4 Å². The van der Waals surface area contributed by atoms with E-state index in [0.717, 1.165) is 12.0 Å². The van der Waals surface area contributed by atoms with Crippen LogP contribution in [0.5, 0.6) is 0 Å². The van der Waals surface area contributed by atoms with Crippen LogP contribution in [0.15, 0.2) is 0 Å². The third kappa shape index (κ3) is 4.59. The van der Waals surface area contributed by atoms with E-state index in [0.29, 0.717) is 12.1 Å². The van der Waals surface area contributed by atoms with Crippen LogP contribution in [0, 0.1) is 5.92 Å². The van der Waals surface area contributed by atoms with E-state index >= 15 is 0 Å². The first kappa shape index (κ1) is 15.0. The van der Waals surface area contributed by atoms with Gasteiger partial charge in [0.2, 0.25) is 0 Å². The number of piperidine rings is 1. The lowest BCUT2D eigenvalue weighted by atomic mass is 9.92. The molecule has 1 aliphatic rings. The van der Waals surface area contributed by atoms with E-state index in [1.54, 1.807) is 0 Å². The molecule has 0 aromatic rings. The van der Waals surface area contributed by atoms with Gasteiger partial charge in [-0.2, -0.15) is 0 Å².